The first-order chi connectivity index (χ1) is 14.8. The lowest BCUT2D eigenvalue weighted by Crippen LogP contribution is -2.60. The monoisotopic (exact) mass is 419 g/mol. The summed E-state index contributed by atoms with van der Waals surface area (Å²) in [6.07, 6.45) is 9.60. The number of ether oxygens (including phenoxy) is 1. The van der Waals surface area contributed by atoms with Crippen LogP contribution in [0.5, 0.6) is 0 Å². The zero-order chi connectivity index (χ0) is 21.6. The van der Waals surface area contributed by atoms with Gasteiger partial charge in [0.1, 0.15) is 0 Å². The summed E-state index contributed by atoms with van der Waals surface area (Å²) >= 11 is 0. The van der Waals surface area contributed by atoms with E-state index < -0.39 is 0 Å². The van der Waals surface area contributed by atoms with Gasteiger partial charge in [-0.1, -0.05) is 38.5 Å². The van der Waals surface area contributed by atoms with Crippen molar-refractivity contribution in [2.45, 2.75) is 89.9 Å². The molecule has 31 heavy (non-hydrogen) atoms. The molecular weight excluding hydrogens is 382 g/mol. The molecule has 2 aromatic rings. The van der Waals surface area contributed by atoms with Crippen LogP contribution in [0, 0.1) is 22.7 Å². The fourth-order valence-electron chi connectivity index (χ4n) is 9.50. The van der Waals surface area contributed by atoms with Gasteiger partial charge in [0.15, 0.2) is 0 Å². The molecule has 166 valence electrons. The second-order valence-electron chi connectivity index (χ2n) is 12.0. The fourth-order valence-corrected chi connectivity index (χ4v) is 9.50. The predicted molar refractivity (Wildman–Crippen MR) is 124 cm³/mol. The van der Waals surface area contributed by atoms with Gasteiger partial charge in [-0.3, -0.25) is 4.79 Å². The van der Waals surface area contributed by atoms with E-state index >= 15 is 0 Å². The molecule has 3 nitrogen and oxygen atoms in total. The lowest BCUT2D eigenvalue weighted by Gasteiger charge is -2.64. The average molecular weight is 420 g/mol. The molecule has 3 heteroatoms. The highest BCUT2D eigenvalue weighted by atomic mass is 16.5. The third kappa shape index (κ3) is 2.28. The van der Waals surface area contributed by atoms with Crippen molar-refractivity contribution in [2.24, 2.45) is 22.7 Å². The number of aromatic nitrogens is 1. The molecule has 1 spiro atoms. The zero-order valence-electron chi connectivity index (χ0n) is 19.6. The van der Waals surface area contributed by atoms with Gasteiger partial charge in [-0.15, -0.1) is 0 Å². The normalized spacial score (nSPS) is 43.2. The molecule has 6 atom stereocenters. The van der Waals surface area contributed by atoms with Crippen LogP contribution in [0.2, 0.25) is 0 Å². The van der Waals surface area contributed by atoms with Crippen LogP contribution in [-0.4, -0.2) is 17.6 Å². The molecule has 1 aromatic carbocycles. The van der Waals surface area contributed by atoms with Crippen LogP contribution in [0.25, 0.3) is 10.9 Å². The summed E-state index contributed by atoms with van der Waals surface area (Å²) in [6, 6.07) is 8.96. The second kappa shape index (κ2) is 6.17. The van der Waals surface area contributed by atoms with E-state index in [0.717, 1.165) is 19.3 Å². The highest BCUT2D eigenvalue weighted by Gasteiger charge is 2.68. The number of H-pyrrole nitrogens is 1. The summed E-state index contributed by atoms with van der Waals surface area (Å²) in [4.78, 5) is 17.1. The van der Waals surface area contributed by atoms with E-state index in [4.69, 9.17) is 4.74 Å². The number of hydrogen-bond donors (Lipinski definition) is 1. The van der Waals surface area contributed by atoms with E-state index in [1.807, 2.05) is 6.92 Å². The molecule has 0 saturated heterocycles. The van der Waals surface area contributed by atoms with Crippen LogP contribution in [0.4, 0.5) is 0 Å². The maximum absolute atomic E-state index is 13.2. The second-order valence-corrected chi connectivity index (χ2v) is 12.0. The largest absolute Gasteiger partial charge is 0.466 e. The molecule has 0 amide bonds. The first kappa shape index (κ1) is 19.9. The lowest BCUT2D eigenvalue weighted by atomic mass is 9.39. The number of carbonyl (C=O) groups excluding carboxylic acids is 1. The van der Waals surface area contributed by atoms with Crippen molar-refractivity contribution in [1.29, 1.82) is 0 Å². The third-order valence-corrected chi connectivity index (χ3v) is 10.6. The molecule has 1 heterocycles. The Morgan fingerprint density at radius 1 is 1.06 bits per heavy atom. The minimum atomic E-state index is -0.326. The van der Waals surface area contributed by atoms with E-state index in [1.54, 1.807) is 5.56 Å². The fraction of sp³-hybridized carbons (Fsp3) is 0.679. The Hall–Kier alpha value is -1.77. The van der Waals surface area contributed by atoms with Crippen LogP contribution in [0.3, 0.4) is 0 Å². The Morgan fingerprint density at radius 3 is 2.65 bits per heavy atom. The van der Waals surface area contributed by atoms with Gasteiger partial charge in [-0.2, -0.15) is 0 Å². The summed E-state index contributed by atoms with van der Waals surface area (Å²) in [7, 11) is 0. The molecule has 2 bridgehead atoms. The molecule has 0 radical (unpaired) electrons. The van der Waals surface area contributed by atoms with Crippen molar-refractivity contribution in [3.05, 3.63) is 35.5 Å². The quantitative estimate of drug-likeness (QED) is 0.554. The number of carbonyl (C=O) groups is 1. The van der Waals surface area contributed by atoms with Crippen molar-refractivity contribution in [3.63, 3.8) is 0 Å². The van der Waals surface area contributed by atoms with Crippen molar-refractivity contribution >= 4 is 16.9 Å². The molecule has 3 fully saturated rings. The maximum atomic E-state index is 13.2. The summed E-state index contributed by atoms with van der Waals surface area (Å²) in [5.74, 6) is 1.14. The molecule has 1 aromatic heterocycles. The van der Waals surface area contributed by atoms with E-state index in [1.165, 1.54) is 48.7 Å². The zero-order valence-corrected chi connectivity index (χ0v) is 19.6. The Balaban J connectivity index is 1.50. The Morgan fingerprint density at radius 2 is 1.84 bits per heavy atom. The molecule has 0 aliphatic heterocycles. The number of nitrogens with one attached hydrogen (secondary N) is 1. The van der Waals surface area contributed by atoms with Crippen LogP contribution >= 0.6 is 0 Å². The minimum absolute atomic E-state index is 0.0572. The van der Waals surface area contributed by atoms with Gasteiger partial charge in [0.25, 0.3) is 0 Å². The van der Waals surface area contributed by atoms with Gasteiger partial charge in [0.2, 0.25) is 0 Å². The number of fused-ring (bicyclic) bond motifs is 7. The number of aromatic amines is 1. The highest BCUT2D eigenvalue weighted by molar-refractivity contribution is 5.88. The SMILES string of the molecule is CCOC(=O)[C@]1(C)CCC[C@@]2(C)[C@@H]3CC[C@@]4(C)C[C@]3(CC[C@@H]21)c1c4[nH]c2ccccc12. The van der Waals surface area contributed by atoms with Crippen LogP contribution in [0.1, 0.15) is 90.3 Å². The number of hydrogen-bond acceptors (Lipinski definition) is 2. The van der Waals surface area contributed by atoms with Crippen LogP contribution < -0.4 is 0 Å². The third-order valence-electron chi connectivity index (χ3n) is 10.6. The number of rotatable bonds is 2. The summed E-state index contributed by atoms with van der Waals surface area (Å²) in [5.41, 5.74) is 4.91. The Bertz CT molecular complexity index is 1070. The first-order valence-corrected chi connectivity index (χ1v) is 12.6. The van der Waals surface area contributed by atoms with E-state index in [0.29, 0.717) is 18.4 Å². The minimum Gasteiger partial charge on any atom is -0.466 e. The number of esters is 1. The van der Waals surface area contributed by atoms with Gasteiger partial charge in [-0.25, -0.2) is 0 Å². The topological polar surface area (TPSA) is 42.1 Å². The van der Waals surface area contributed by atoms with E-state index in [-0.39, 0.29) is 27.6 Å². The standard InChI is InChI=1S/C28H37NO2/c1-5-31-24(30)27(4)14-8-13-26(3)20(27)12-16-28-17-25(2,15-11-21(26)28)23-22(28)18-9-6-7-10-19(18)29-23/h6-7,9-10,20-21,29H,5,8,11-17H2,1-4H3/t20-,21-,25-,26+,27+,28-/m0/s1. The highest BCUT2D eigenvalue weighted by Crippen LogP contribution is 2.73. The Labute approximate surface area is 186 Å². The number of para-hydroxylation sites is 1. The van der Waals surface area contributed by atoms with Crippen molar-refractivity contribution in [3.8, 4) is 0 Å². The van der Waals surface area contributed by atoms with E-state index in [9.17, 15) is 4.79 Å². The molecule has 3 saturated carbocycles. The summed E-state index contributed by atoms with van der Waals surface area (Å²) in [6.45, 7) is 9.71. The first-order valence-electron chi connectivity index (χ1n) is 12.6. The van der Waals surface area contributed by atoms with Gasteiger partial charge in [0, 0.05) is 27.4 Å². The number of benzene rings is 1. The maximum Gasteiger partial charge on any atom is 0.312 e. The van der Waals surface area contributed by atoms with E-state index in [2.05, 4.69) is 50.0 Å². The average Bonchev–Trinajstić information content (AvgIpc) is 3.21. The predicted octanol–water partition coefficient (Wildman–Crippen LogP) is 6.65. The van der Waals surface area contributed by atoms with Gasteiger partial charge in [-0.05, 0) is 87.7 Å². The summed E-state index contributed by atoms with van der Waals surface area (Å²) < 4.78 is 5.65. The van der Waals surface area contributed by atoms with Crippen molar-refractivity contribution in [1.82, 2.24) is 4.98 Å². The van der Waals surface area contributed by atoms with Gasteiger partial charge in [0.05, 0.1) is 12.0 Å². The molecule has 0 unspecified atom stereocenters. The molecule has 6 rings (SSSR count). The van der Waals surface area contributed by atoms with Gasteiger partial charge < -0.3 is 9.72 Å². The molecule has 4 aliphatic rings. The van der Waals surface area contributed by atoms with Crippen LogP contribution in [-0.2, 0) is 20.4 Å². The van der Waals surface area contributed by atoms with Crippen molar-refractivity contribution in [2.75, 3.05) is 6.61 Å². The molecule has 4 aliphatic carbocycles. The van der Waals surface area contributed by atoms with Crippen LogP contribution in [0.15, 0.2) is 24.3 Å². The van der Waals surface area contributed by atoms with Crippen molar-refractivity contribution < 1.29 is 9.53 Å². The molecule has 1 N–H and O–H groups in total. The smallest absolute Gasteiger partial charge is 0.312 e. The molecular formula is C28H37NO2. The van der Waals surface area contributed by atoms with Gasteiger partial charge >= 0.3 is 5.97 Å². The summed E-state index contributed by atoms with van der Waals surface area (Å²) in [5, 5.41) is 1.46. The lowest BCUT2D eigenvalue weighted by molar-refractivity contribution is -0.180. The Kier molecular flexibility index (Phi) is 3.96.